The Hall–Kier alpha value is -2.05. The molecule has 1 aromatic heterocycles. The van der Waals surface area contributed by atoms with Gasteiger partial charge in [0, 0.05) is 23.8 Å². The molecule has 1 aromatic rings. The second-order valence-electron chi connectivity index (χ2n) is 5.14. The summed E-state index contributed by atoms with van der Waals surface area (Å²) in [5.41, 5.74) is 1.80. The van der Waals surface area contributed by atoms with Gasteiger partial charge in [-0.1, -0.05) is 12.8 Å². The highest BCUT2D eigenvalue weighted by atomic mass is 16.4. The van der Waals surface area contributed by atoms with Crippen LogP contribution < -0.4 is 5.32 Å². The van der Waals surface area contributed by atoms with Crippen molar-refractivity contribution < 1.29 is 14.7 Å². The Morgan fingerprint density at radius 3 is 2.75 bits per heavy atom. The molecule has 2 amide bonds. The molecule has 7 nitrogen and oxygen atoms in total. The maximum atomic E-state index is 12.2. The zero-order chi connectivity index (χ0) is 14.5. The minimum absolute atomic E-state index is 0.0385. The van der Waals surface area contributed by atoms with E-state index in [4.69, 9.17) is 5.11 Å². The molecule has 20 heavy (non-hydrogen) atoms. The van der Waals surface area contributed by atoms with Crippen LogP contribution in [0.1, 0.15) is 36.9 Å². The lowest BCUT2D eigenvalue weighted by Gasteiger charge is -2.27. The standard InChI is InChI=1S/C13H20N4O3/c1-9-10(7-15-16-9)6-14-13(20)17(8-12(18)19)11-4-2-3-5-11/h7,11H,2-6,8H2,1H3,(H,14,20)(H,15,16)(H,18,19). The van der Waals surface area contributed by atoms with Crippen molar-refractivity contribution in [3.63, 3.8) is 0 Å². The first kappa shape index (κ1) is 14.4. The third-order valence-electron chi connectivity index (χ3n) is 3.70. The minimum Gasteiger partial charge on any atom is -0.480 e. The van der Waals surface area contributed by atoms with Gasteiger partial charge in [-0.3, -0.25) is 9.89 Å². The molecule has 0 saturated heterocycles. The molecule has 0 aliphatic heterocycles. The number of amides is 2. The summed E-state index contributed by atoms with van der Waals surface area (Å²) >= 11 is 0. The zero-order valence-corrected chi connectivity index (χ0v) is 11.6. The van der Waals surface area contributed by atoms with Gasteiger partial charge in [0.25, 0.3) is 0 Å². The van der Waals surface area contributed by atoms with E-state index in [2.05, 4.69) is 15.5 Å². The van der Waals surface area contributed by atoms with Crippen molar-refractivity contribution in [1.29, 1.82) is 0 Å². The average molecular weight is 280 g/mol. The van der Waals surface area contributed by atoms with Crippen LogP contribution in [0.5, 0.6) is 0 Å². The van der Waals surface area contributed by atoms with Gasteiger partial charge in [-0.05, 0) is 19.8 Å². The lowest BCUT2D eigenvalue weighted by molar-refractivity contribution is -0.138. The molecular weight excluding hydrogens is 260 g/mol. The van der Waals surface area contributed by atoms with E-state index >= 15 is 0 Å². The fourth-order valence-corrected chi connectivity index (χ4v) is 2.55. The summed E-state index contributed by atoms with van der Waals surface area (Å²) in [6.45, 7) is 1.98. The van der Waals surface area contributed by atoms with E-state index in [9.17, 15) is 9.59 Å². The van der Waals surface area contributed by atoms with Gasteiger partial charge in [-0.15, -0.1) is 0 Å². The van der Waals surface area contributed by atoms with Crippen molar-refractivity contribution in [1.82, 2.24) is 20.4 Å². The summed E-state index contributed by atoms with van der Waals surface area (Å²) in [6, 6.07) is -0.281. The summed E-state index contributed by atoms with van der Waals surface area (Å²) in [6.07, 6.45) is 5.52. The number of aryl methyl sites for hydroxylation is 1. The molecule has 1 aliphatic rings. The number of H-pyrrole nitrogens is 1. The second-order valence-corrected chi connectivity index (χ2v) is 5.14. The van der Waals surface area contributed by atoms with Crippen LogP contribution in [0.15, 0.2) is 6.20 Å². The molecule has 0 atom stereocenters. The number of hydrogen-bond acceptors (Lipinski definition) is 3. The predicted molar refractivity (Wildman–Crippen MR) is 72.2 cm³/mol. The number of nitrogens with one attached hydrogen (secondary N) is 2. The van der Waals surface area contributed by atoms with Gasteiger partial charge >= 0.3 is 12.0 Å². The average Bonchev–Trinajstić information content (AvgIpc) is 3.04. The van der Waals surface area contributed by atoms with Gasteiger partial charge in [0.15, 0.2) is 0 Å². The molecule has 3 N–H and O–H groups in total. The molecule has 0 radical (unpaired) electrons. The number of aromatic nitrogens is 2. The van der Waals surface area contributed by atoms with Crippen LogP contribution in [0.25, 0.3) is 0 Å². The van der Waals surface area contributed by atoms with Crippen molar-refractivity contribution in [2.24, 2.45) is 0 Å². The summed E-state index contributed by atoms with van der Waals surface area (Å²) in [4.78, 5) is 24.5. The van der Waals surface area contributed by atoms with E-state index in [-0.39, 0.29) is 18.6 Å². The highest BCUT2D eigenvalue weighted by molar-refractivity contribution is 5.80. The van der Waals surface area contributed by atoms with Crippen molar-refractivity contribution in [2.45, 2.75) is 45.2 Å². The highest BCUT2D eigenvalue weighted by Gasteiger charge is 2.28. The van der Waals surface area contributed by atoms with Crippen LogP contribution in [0.3, 0.4) is 0 Å². The van der Waals surface area contributed by atoms with E-state index < -0.39 is 5.97 Å². The molecule has 0 unspecified atom stereocenters. The van der Waals surface area contributed by atoms with Crippen LogP contribution in [0, 0.1) is 6.92 Å². The fourth-order valence-electron chi connectivity index (χ4n) is 2.55. The Bertz CT molecular complexity index is 480. The van der Waals surface area contributed by atoms with Gasteiger partial charge in [-0.2, -0.15) is 5.10 Å². The van der Waals surface area contributed by atoms with E-state index in [1.54, 1.807) is 6.20 Å². The molecule has 110 valence electrons. The monoisotopic (exact) mass is 280 g/mol. The van der Waals surface area contributed by atoms with Gasteiger partial charge < -0.3 is 15.3 Å². The van der Waals surface area contributed by atoms with E-state index in [0.29, 0.717) is 6.54 Å². The number of carbonyl (C=O) groups excluding carboxylic acids is 1. The van der Waals surface area contributed by atoms with Crippen molar-refractivity contribution >= 4 is 12.0 Å². The Kier molecular flexibility index (Phi) is 4.60. The number of nitrogens with zero attached hydrogens (tertiary/aromatic N) is 2. The SMILES string of the molecule is Cc1[nH]ncc1CNC(=O)N(CC(=O)O)C1CCCC1. The predicted octanol–water partition coefficient (Wildman–Crippen LogP) is 1.26. The Morgan fingerprint density at radius 2 is 2.20 bits per heavy atom. The first-order valence-corrected chi connectivity index (χ1v) is 6.83. The Balaban J connectivity index is 1.95. The number of hydrogen-bond donors (Lipinski definition) is 3. The molecule has 1 saturated carbocycles. The van der Waals surface area contributed by atoms with Crippen molar-refractivity contribution in [3.8, 4) is 0 Å². The molecule has 2 rings (SSSR count). The molecular formula is C13H20N4O3. The summed E-state index contributed by atoms with van der Waals surface area (Å²) in [5, 5.41) is 18.4. The molecule has 1 aliphatic carbocycles. The summed E-state index contributed by atoms with van der Waals surface area (Å²) in [5.74, 6) is -0.980. The fraction of sp³-hybridized carbons (Fsp3) is 0.615. The lowest BCUT2D eigenvalue weighted by Crippen LogP contribution is -2.47. The quantitative estimate of drug-likeness (QED) is 0.756. The topological polar surface area (TPSA) is 98.3 Å². The smallest absolute Gasteiger partial charge is 0.323 e. The summed E-state index contributed by atoms with van der Waals surface area (Å²) in [7, 11) is 0. The van der Waals surface area contributed by atoms with Crippen LogP contribution in [0.4, 0.5) is 4.79 Å². The Labute approximate surface area is 117 Å². The zero-order valence-electron chi connectivity index (χ0n) is 11.6. The molecule has 0 bridgehead atoms. The largest absolute Gasteiger partial charge is 0.480 e. The number of urea groups is 1. The van der Waals surface area contributed by atoms with Gasteiger partial charge in [0.2, 0.25) is 0 Å². The van der Waals surface area contributed by atoms with Gasteiger partial charge in [0.05, 0.1) is 6.20 Å². The minimum atomic E-state index is -0.980. The van der Waals surface area contributed by atoms with E-state index in [0.717, 1.165) is 36.9 Å². The molecule has 0 spiro atoms. The normalized spacial score (nSPS) is 15.2. The maximum Gasteiger partial charge on any atom is 0.323 e. The van der Waals surface area contributed by atoms with Crippen molar-refractivity contribution in [3.05, 3.63) is 17.5 Å². The van der Waals surface area contributed by atoms with Gasteiger partial charge in [-0.25, -0.2) is 4.79 Å². The number of carboxylic acid groups (broad SMARTS) is 1. The lowest BCUT2D eigenvalue weighted by atomic mass is 10.2. The number of carbonyl (C=O) groups is 2. The molecule has 7 heteroatoms. The molecule has 1 heterocycles. The maximum absolute atomic E-state index is 12.2. The molecule has 0 aromatic carbocycles. The molecule has 1 fully saturated rings. The van der Waals surface area contributed by atoms with Crippen LogP contribution in [0.2, 0.25) is 0 Å². The van der Waals surface area contributed by atoms with E-state index in [1.165, 1.54) is 4.90 Å². The summed E-state index contributed by atoms with van der Waals surface area (Å²) < 4.78 is 0. The van der Waals surface area contributed by atoms with Crippen molar-refractivity contribution in [2.75, 3.05) is 6.54 Å². The number of rotatable bonds is 5. The number of aromatic amines is 1. The number of aliphatic carboxylic acids is 1. The van der Waals surface area contributed by atoms with Crippen LogP contribution >= 0.6 is 0 Å². The van der Waals surface area contributed by atoms with E-state index in [1.807, 2.05) is 6.92 Å². The third kappa shape index (κ3) is 3.49. The van der Waals surface area contributed by atoms with Gasteiger partial charge in [0.1, 0.15) is 6.54 Å². The first-order chi connectivity index (χ1) is 9.58. The van der Waals surface area contributed by atoms with Crippen LogP contribution in [-0.2, 0) is 11.3 Å². The second kappa shape index (κ2) is 6.40. The Morgan fingerprint density at radius 1 is 1.50 bits per heavy atom. The number of carboxylic acids is 1. The first-order valence-electron chi connectivity index (χ1n) is 6.83. The third-order valence-corrected chi connectivity index (χ3v) is 3.70. The van der Waals surface area contributed by atoms with Crippen LogP contribution in [-0.4, -0.2) is 44.8 Å². The highest BCUT2D eigenvalue weighted by Crippen LogP contribution is 2.23.